The van der Waals surface area contributed by atoms with Crippen LogP contribution in [0.4, 0.5) is 0 Å². The quantitative estimate of drug-likeness (QED) is 0.177. The Morgan fingerprint density at radius 1 is 0.296 bits per heavy atom. The SMILES string of the molecule is c1ccc(-c2ccc3c(c2)c2ccccc2c2ccccc2c2cc4oc5ccccc5c4cc2n3-c2ccc3c4c(cccc24)-c2ccccc2-3)cc1. The van der Waals surface area contributed by atoms with E-state index in [4.69, 9.17) is 4.42 Å². The summed E-state index contributed by atoms with van der Waals surface area (Å²) in [5, 5.41) is 11.8. The van der Waals surface area contributed by atoms with E-state index in [1.54, 1.807) is 0 Å². The second kappa shape index (κ2) is 11.2. The molecule has 1 aliphatic rings. The zero-order valence-corrected chi connectivity index (χ0v) is 29.3. The lowest BCUT2D eigenvalue weighted by atomic mass is 9.98. The van der Waals surface area contributed by atoms with Crippen LogP contribution in [0.25, 0.3) is 115 Å². The number of hydrogen-bond acceptors (Lipinski definition) is 1. The number of furan rings is 1. The summed E-state index contributed by atoms with van der Waals surface area (Å²) < 4.78 is 9.14. The van der Waals surface area contributed by atoms with Crippen molar-refractivity contribution in [2.45, 2.75) is 0 Å². The van der Waals surface area contributed by atoms with Crippen LogP contribution in [0.5, 0.6) is 0 Å². The molecule has 2 heteroatoms. The Morgan fingerprint density at radius 2 is 0.870 bits per heavy atom. The van der Waals surface area contributed by atoms with Crippen molar-refractivity contribution in [2.75, 3.05) is 0 Å². The highest BCUT2D eigenvalue weighted by atomic mass is 16.3. The Labute approximate surface area is 311 Å². The van der Waals surface area contributed by atoms with E-state index in [-0.39, 0.29) is 0 Å². The number of hydrogen-bond donors (Lipinski definition) is 0. The van der Waals surface area contributed by atoms with Gasteiger partial charge in [0.1, 0.15) is 11.2 Å². The molecule has 0 saturated carbocycles. The predicted octanol–water partition coefficient (Wildman–Crippen LogP) is 14.6. The lowest BCUT2D eigenvalue weighted by Crippen LogP contribution is -2.00. The molecule has 0 unspecified atom stereocenters. The van der Waals surface area contributed by atoms with Gasteiger partial charge in [0.15, 0.2) is 0 Å². The van der Waals surface area contributed by atoms with Gasteiger partial charge in [0.25, 0.3) is 0 Å². The number of aromatic nitrogens is 1. The van der Waals surface area contributed by atoms with Crippen molar-refractivity contribution < 1.29 is 4.42 Å². The van der Waals surface area contributed by atoms with Crippen LogP contribution in [0, 0.1) is 0 Å². The molecule has 9 aromatic carbocycles. The predicted molar refractivity (Wildman–Crippen MR) is 228 cm³/mol. The average molecular weight is 686 g/mol. The molecule has 0 amide bonds. The van der Waals surface area contributed by atoms with Gasteiger partial charge in [-0.2, -0.15) is 0 Å². The summed E-state index contributed by atoms with van der Waals surface area (Å²) in [5.74, 6) is 0. The summed E-state index contributed by atoms with van der Waals surface area (Å²) in [7, 11) is 0. The molecule has 0 N–H and O–H groups in total. The first-order valence-electron chi connectivity index (χ1n) is 18.6. The number of rotatable bonds is 2. The van der Waals surface area contributed by atoms with Crippen LogP contribution in [0.15, 0.2) is 192 Å². The van der Waals surface area contributed by atoms with Crippen LogP contribution in [-0.4, -0.2) is 4.57 Å². The lowest BCUT2D eigenvalue weighted by Gasteiger charge is -2.18. The van der Waals surface area contributed by atoms with E-state index in [0.29, 0.717) is 0 Å². The zero-order valence-electron chi connectivity index (χ0n) is 29.3. The normalized spacial score (nSPS) is 12.1. The van der Waals surface area contributed by atoms with E-state index in [2.05, 4.69) is 193 Å². The molecule has 11 aromatic rings. The van der Waals surface area contributed by atoms with Gasteiger partial charge in [-0.3, -0.25) is 0 Å². The fourth-order valence-corrected chi connectivity index (χ4v) is 9.20. The number of fused-ring (bicyclic) bond motifs is 13. The molecular weight excluding hydrogens is 655 g/mol. The van der Waals surface area contributed by atoms with Crippen molar-refractivity contribution in [1.29, 1.82) is 0 Å². The first-order valence-corrected chi connectivity index (χ1v) is 18.6. The van der Waals surface area contributed by atoms with E-state index in [9.17, 15) is 0 Å². The zero-order chi connectivity index (χ0) is 35.3. The molecule has 2 nitrogen and oxygen atoms in total. The Bertz CT molecular complexity index is 3410. The Balaban J connectivity index is 1.38. The molecule has 0 radical (unpaired) electrons. The maximum atomic E-state index is 6.61. The molecule has 54 heavy (non-hydrogen) atoms. The summed E-state index contributed by atoms with van der Waals surface area (Å²) in [6.45, 7) is 0. The van der Waals surface area contributed by atoms with Crippen LogP contribution >= 0.6 is 0 Å². The molecule has 0 saturated heterocycles. The second-order valence-electron chi connectivity index (χ2n) is 14.4. The Kier molecular flexibility index (Phi) is 6.09. The summed E-state index contributed by atoms with van der Waals surface area (Å²) in [6.07, 6.45) is 0. The maximum Gasteiger partial charge on any atom is 0.136 e. The van der Waals surface area contributed by atoms with Gasteiger partial charge in [-0.25, -0.2) is 0 Å². The fraction of sp³-hybridized carbons (Fsp3) is 0. The van der Waals surface area contributed by atoms with Gasteiger partial charge < -0.3 is 8.98 Å². The standard InChI is InChI=1S/C52H31NO/c1-2-13-32(14-3-1)33-25-27-48-44(29-33)38-19-8-4-15-34(38)35-16-5-9-20-39(35)45-31-51-46(40-21-10-11-24-50(40)54-51)30-49(45)53(48)47-28-26-42-37-18-7-6-17-36(37)41-22-12-23-43(47)52(41)42/h1-31H. The van der Waals surface area contributed by atoms with Crippen molar-refractivity contribution in [1.82, 2.24) is 4.57 Å². The molecule has 0 aliphatic heterocycles. The van der Waals surface area contributed by atoms with E-state index >= 15 is 0 Å². The summed E-state index contributed by atoms with van der Waals surface area (Å²) in [4.78, 5) is 0. The van der Waals surface area contributed by atoms with Gasteiger partial charge in [-0.15, -0.1) is 0 Å². The molecular formula is C52H31NO. The highest BCUT2D eigenvalue weighted by Gasteiger charge is 2.23. The van der Waals surface area contributed by atoms with Crippen molar-refractivity contribution in [3.63, 3.8) is 0 Å². The van der Waals surface area contributed by atoms with Crippen LogP contribution in [0.3, 0.4) is 0 Å². The first kappa shape index (κ1) is 29.4. The lowest BCUT2D eigenvalue weighted by molar-refractivity contribution is 0.669. The molecule has 1 aliphatic carbocycles. The molecule has 0 fully saturated rings. The minimum Gasteiger partial charge on any atom is -0.456 e. The highest BCUT2D eigenvalue weighted by Crippen LogP contribution is 2.49. The summed E-state index contributed by atoms with van der Waals surface area (Å²) in [6, 6.07) is 68.9. The number of para-hydroxylation sites is 1. The molecule has 250 valence electrons. The Hall–Kier alpha value is -7.16. The van der Waals surface area contributed by atoms with Gasteiger partial charge in [-0.05, 0) is 96.7 Å². The van der Waals surface area contributed by atoms with Gasteiger partial charge in [-0.1, -0.05) is 152 Å². The van der Waals surface area contributed by atoms with Crippen LogP contribution < -0.4 is 0 Å². The van der Waals surface area contributed by atoms with Crippen molar-refractivity contribution >= 4 is 76.1 Å². The molecule has 2 heterocycles. The molecule has 12 rings (SSSR count). The minimum absolute atomic E-state index is 0.882. The monoisotopic (exact) mass is 685 g/mol. The average Bonchev–Trinajstić information content (AvgIpc) is 3.78. The van der Waals surface area contributed by atoms with Gasteiger partial charge in [0.05, 0.1) is 16.7 Å². The summed E-state index contributed by atoms with van der Waals surface area (Å²) >= 11 is 0. The van der Waals surface area contributed by atoms with Crippen LogP contribution in [0.1, 0.15) is 0 Å². The highest BCUT2D eigenvalue weighted by molar-refractivity contribution is 6.23. The van der Waals surface area contributed by atoms with Crippen molar-refractivity contribution in [3.8, 4) is 39.1 Å². The second-order valence-corrected chi connectivity index (χ2v) is 14.4. The van der Waals surface area contributed by atoms with Crippen LogP contribution in [0.2, 0.25) is 0 Å². The van der Waals surface area contributed by atoms with Crippen LogP contribution in [-0.2, 0) is 0 Å². The van der Waals surface area contributed by atoms with E-state index in [1.165, 1.54) is 71.1 Å². The molecule has 0 bridgehead atoms. The van der Waals surface area contributed by atoms with Crippen molar-refractivity contribution in [2.24, 2.45) is 0 Å². The largest absolute Gasteiger partial charge is 0.456 e. The molecule has 2 aromatic heterocycles. The van der Waals surface area contributed by atoms with Gasteiger partial charge >= 0.3 is 0 Å². The van der Waals surface area contributed by atoms with Crippen molar-refractivity contribution in [3.05, 3.63) is 188 Å². The maximum absolute atomic E-state index is 6.61. The third-order valence-corrected chi connectivity index (χ3v) is 11.6. The molecule has 0 atom stereocenters. The third kappa shape index (κ3) is 4.11. The van der Waals surface area contributed by atoms with E-state index in [1.807, 2.05) is 0 Å². The van der Waals surface area contributed by atoms with E-state index in [0.717, 1.165) is 44.0 Å². The molecule has 0 spiro atoms. The number of benzene rings is 9. The Morgan fingerprint density at radius 3 is 1.61 bits per heavy atom. The smallest absolute Gasteiger partial charge is 0.136 e. The van der Waals surface area contributed by atoms with Gasteiger partial charge in [0.2, 0.25) is 0 Å². The third-order valence-electron chi connectivity index (χ3n) is 11.6. The first-order chi connectivity index (χ1) is 26.8. The number of nitrogens with zero attached hydrogens (tertiary/aromatic N) is 1. The fourth-order valence-electron chi connectivity index (χ4n) is 9.20. The summed E-state index contributed by atoms with van der Waals surface area (Å²) in [5.41, 5.74) is 12.7. The minimum atomic E-state index is 0.882. The van der Waals surface area contributed by atoms with E-state index < -0.39 is 0 Å². The topological polar surface area (TPSA) is 18.1 Å². The van der Waals surface area contributed by atoms with Gasteiger partial charge in [0, 0.05) is 26.9 Å².